The van der Waals surface area contributed by atoms with E-state index in [0.717, 1.165) is 34.1 Å². The second-order valence-electron chi connectivity index (χ2n) is 5.55. The lowest BCUT2D eigenvalue weighted by molar-refractivity contribution is 0.396. The number of nitrogens with one attached hydrogen (secondary N) is 1. The predicted molar refractivity (Wildman–Crippen MR) is 94.2 cm³/mol. The molecule has 0 spiro atoms. The van der Waals surface area contributed by atoms with E-state index in [1.807, 2.05) is 30.3 Å². The number of methoxy groups -OCH3 is 2. The molecule has 0 radical (unpaired) electrons. The molecule has 0 amide bonds. The van der Waals surface area contributed by atoms with Crippen LogP contribution in [-0.4, -0.2) is 14.2 Å². The molecular formula is C20H20FNO3. The molecular weight excluding hydrogens is 321 g/mol. The summed E-state index contributed by atoms with van der Waals surface area (Å²) < 4.78 is 29.4. The average molecular weight is 341 g/mol. The Labute approximate surface area is 146 Å². The molecule has 0 aliphatic carbocycles. The first kappa shape index (κ1) is 17.0. The fraction of sp³-hybridized carbons (Fsp3) is 0.200. The Balaban J connectivity index is 1.62. The second-order valence-corrected chi connectivity index (χ2v) is 5.55. The molecule has 3 rings (SSSR count). The smallest absolute Gasteiger partial charge is 0.134 e. The summed E-state index contributed by atoms with van der Waals surface area (Å²) in [7, 11) is 3.28. The molecule has 130 valence electrons. The fourth-order valence-electron chi connectivity index (χ4n) is 2.58. The SMILES string of the molecule is COc1ccc(OC)c(CNCc2ccc(-c3ccc(F)cc3)o2)c1. The molecule has 0 fully saturated rings. The van der Waals surface area contributed by atoms with Gasteiger partial charge in [0, 0.05) is 17.7 Å². The molecule has 1 heterocycles. The number of rotatable bonds is 7. The Kier molecular flexibility index (Phi) is 5.36. The Morgan fingerprint density at radius 1 is 0.920 bits per heavy atom. The van der Waals surface area contributed by atoms with E-state index in [9.17, 15) is 4.39 Å². The van der Waals surface area contributed by atoms with Gasteiger partial charge in [0.05, 0.1) is 20.8 Å². The third-order valence-corrected chi connectivity index (χ3v) is 3.89. The molecule has 0 unspecified atom stereocenters. The zero-order valence-electron chi connectivity index (χ0n) is 14.2. The summed E-state index contributed by atoms with van der Waals surface area (Å²) in [6.45, 7) is 1.19. The summed E-state index contributed by atoms with van der Waals surface area (Å²) in [6, 6.07) is 15.7. The first-order valence-electron chi connectivity index (χ1n) is 7.96. The molecule has 0 aliphatic heterocycles. The third kappa shape index (κ3) is 4.19. The van der Waals surface area contributed by atoms with E-state index in [0.29, 0.717) is 13.1 Å². The summed E-state index contributed by atoms with van der Waals surface area (Å²) in [5.41, 5.74) is 1.86. The van der Waals surface area contributed by atoms with Gasteiger partial charge < -0.3 is 19.2 Å². The van der Waals surface area contributed by atoms with Gasteiger partial charge in [-0.1, -0.05) is 0 Å². The van der Waals surface area contributed by atoms with Gasteiger partial charge in [0.15, 0.2) is 0 Å². The van der Waals surface area contributed by atoms with Gasteiger partial charge in [0.1, 0.15) is 28.8 Å². The van der Waals surface area contributed by atoms with Crippen molar-refractivity contribution in [3.05, 3.63) is 71.7 Å². The van der Waals surface area contributed by atoms with Crippen molar-refractivity contribution in [3.8, 4) is 22.8 Å². The third-order valence-electron chi connectivity index (χ3n) is 3.89. The minimum absolute atomic E-state index is 0.260. The lowest BCUT2D eigenvalue weighted by atomic mass is 10.2. The van der Waals surface area contributed by atoms with Gasteiger partial charge in [0.25, 0.3) is 0 Å². The van der Waals surface area contributed by atoms with Crippen LogP contribution in [0.25, 0.3) is 11.3 Å². The molecule has 1 N–H and O–H groups in total. The van der Waals surface area contributed by atoms with Crippen LogP contribution in [0.4, 0.5) is 4.39 Å². The van der Waals surface area contributed by atoms with Crippen LogP contribution in [-0.2, 0) is 13.1 Å². The number of hydrogen-bond donors (Lipinski definition) is 1. The summed E-state index contributed by atoms with van der Waals surface area (Å²) >= 11 is 0. The standard InChI is InChI=1S/C20H20FNO3/c1-23-17-7-9-19(24-2)15(11-17)12-22-13-18-8-10-20(25-18)14-3-5-16(21)6-4-14/h3-11,22H,12-13H2,1-2H3. The highest BCUT2D eigenvalue weighted by molar-refractivity contribution is 5.57. The van der Waals surface area contributed by atoms with E-state index in [1.54, 1.807) is 26.4 Å². The number of halogens is 1. The van der Waals surface area contributed by atoms with E-state index in [-0.39, 0.29) is 5.82 Å². The maximum absolute atomic E-state index is 13.0. The molecule has 0 aliphatic rings. The van der Waals surface area contributed by atoms with E-state index in [2.05, 4.69) is 5.32 Å². The Morgan fingerprint density at radius 3 is 2.44 bits per heavy atom. The number of ether oxygens (including phenoxy) is 2. The Hall–Kier alpha value is -2.79. The molecule has 0 atom stereocenters. The van der Waals surface area contributed by atoms with Crippen LogP contribution in [0.5, 0.6) is 11.5 Å². The van der Waals surface area contributed by atoms with Crippen LogP contribution in [0.3, 0.4) is 0 Å². The van der Waals surface area contributed by atoms with Crippen LogP contribution < -0.4 is 14.8 Å². The van der Waals surface area contributed by atoms with E-state index < -0.39 is 0 Å². The first-order chi connectivity index (χ1) is 12.2. The van der Waals surface area contributed by atoms with Gasteiger partial charge in [-0.15, -0.1) is 0 Å². The van der Waals surface area contributed by atoms with Crippen molar-refractivity contribution in [2.45, 2.75) is 13.1 Å². The zero-order chi connectivity index (χ0) is 17.6. The minimum atomic E-state index is -0.260. The summed E-state index contributed by atoms with van der Waals surface area (Å²) in [5, 5.41) is 3.33. The summed E-state index contributed by atoms with van der Waals surface area (Å²) in [5.74, 6) is 2.86. The van der Waals surface area contributed by atoms with Gasteiger partial charge in [0.2, 0.25) is 0 Å². The molecule has 3 aromatic rings. The van der Waals surface area contributed by atoms with E-state index >= 15 is 0 Å². The highest BCUT2D eigenvalue weighted by Crippen LogP contribution is 2.25. The number of furan rings is 1. The lowest BCUT2D eigenvalue weighted by Crippen LogP contribution is -2.13. The number of benzene rings is 2. The monoisotopic (exact) mass is 341 g/mol. The molecule has 2 aromatic carbocycles. The van der Waals surface area contributed by atoms with E-state index in [4.69, 9.17) is 13.9 Å². The quantitative estimate of drug-likeness (QED) is 0.692. The van der Waals surface area contributed by atoms with Gasteiger partial charge in [-0.05, 0) is 54.6 Å². The van der Waals surface area contributed by atoms with E-state index in [1.165, 1.54) is 12.1 Å². The van der Waals surface area contributed by atoms with Crippen molar-refractivity contribution >= 4 is 0 Å². The van der Waals surface area contributed by atoms with Crippen molar-refractivity contribution < 1.29 is 18.3 Å². The topological polar surface area (TPSA) is 43.6 Å². The van der Waals surface area contributed by atoms with Crippen LogP contribution in [0.15, 0.2) is 59.0 Å². The van der Waals surface area contributed by atoms with Crippen molar-refractivity contribution in [3.63, 3.8) is 0 Å². The maximum Gasteiger partial charge on any atom is 0.134 e. The van der Waals surface area contributed by atoms with Gasteiger partial charge >= 0.3 is 0 Å². The molecule has 0 saturated heterocycles. The lowest BCUT2D eigenvalue weighted by Gasteiger charge is -2.11. The van der Waals surface area contributed by atoms with Crippen molar-refractivity contribution in [1.82, 2.24) is 5.32 Å². The highest BCUT2D eigenvalue weighted by atomic mass is 19.1. The Bertz CT molecular complexity index is 827. The average Bonchev–Trinajstić information content (AvgIpc) is 3.11. The Morgan fingerprint density at radius 2 is 1.72 bits per heavy atom. The minimum Gasteiger partial charge on any atom is -0.497 e. The molecule has 5 heteroatoms. The zero-order valence-corrected chi connectivity index (χ0v) is 14.2. The molecule has 0 saturated carbocycles. The maximum atomic E-state index is 13.0. The summed E-state index contributed by atoms with van der Waals surface area (Å²) in [4.78, 5) is 0. The summed E-state index contributed by atoms with van der Waals surface area (Å²) in [6.07, 6.45) is 0. The first-order valence-corrected chi connectivity index (χ1v) is 7.96. The normalized spacial score (nSPS) is 10.7. The fourth-order valence-corrected chi connectivity index (χ4v) is 2.58. The molecule has 1 aromatic heterocycles. The van der Waals surface area contributed by atoms with Crippen LogP contribution in [0.1, 0.15) is 11.3 Å². The second kappa shape index (κ2) is 7.85. The van der Waals surface area contributed by atoms with Crippen molar-refractivity contribution in [2.75, 3.05) is 14.2 Å². The highest BCUT2D eigenvalue weighted by Gasteiger charge is 2.07. The van der Waals surface area contributed by atoms with Gasteiger partial charge in [-0.25, -0.2) is 4.39 Å². The van der Waals surface area contributed by atoms with Crippen LogP contribution in [0, 0.1) is 5.82 Å². The largest absolute Gasteiger partial charge is 0.497 e. The molecule has 4 nitrogen and oxygen atoms in total. The number of hydrogen-bond acceptors (Lipinski definition) is 4. The van der Waals surface area contributed by atoms with Crippen molar-refractivity contribution in [1.29, 1.82) is 0 Å². The molecule has 0 bridgehead atoms. The van der Waals surface area contributed by atoms with Crippen LogP contribution >= 0.6 is 0 Å². The van der Waals surface area contributed by atoms with Gasteiger partial charge in [-0.3, -0.25) is 0 Å². The predicted octanol–water partition coefficient (Wildman–Crippen LogP) is 4.39. The van der Waals surface area contributed by atoms with Gasteiger partial charge in [-0.2, -0.15) is 0 Å². The molecule has 25 heavy (non-hydrogen) atoms. The van der Waals surface area contributed by atoms with Crippen LogP contribution in [0.2, 0.25) is 0 Å². The van der Waals surface area contributed by atoms with Crippen molar-refractivity contribution in [2.24, 2.45) is 0 Å².